The highest BCUT2D eigenvalue weighted by molar-refractivity contribution is 5.96. The van der Waals surface area contributed by atoms with Crippen molar-refractivity contribution in [3.63, 3.8) is 0 Å². The van der Waals surface area contributed by atoms with Crippen LogP contribution in [0.3, 0.4) is 0 Å². The third-order valence-electron chi connectivity index (χ3n) is 8.09. The zero-order valence-electron chi connectivity index (χ0n) is 26.8. The van der Waals surface area contributed by atoms with Gasteiger partial charge in [-0.1, -0.05) is 12.1 Å². The van der Waals surface area contributed by atoms with Crippen molar-refractivity contribution in [3.8, 4) is 5.75 Å². The highest BCUT2D eigenvalue weighted by Crippen LogP contribution is 2.30. The maximum atomic E-state index is 12.8. The van der Waals surface area contributed by atoms with Gasteiger partial charge in [-0.25, -0.2) is 4.79 Å². The number of hydrogen-bond acceptors (Lipinski definition) is 10. The smallest absolute Gasteiger partial charge is 0.410 e. The molecule has 3 amide bonds. The van der Waals surface area contributed by atoms with E-state index in [1.165, 1.54) is 5.56 Å². The molecular formula is C33H42N8O5. The molecule has 46 heavy (non-hydrogen) atoms. The first-order valence-electron chi connectivity index (χ1n) is 15.6. The first kappa shape index (κ1) is 32.5. The Labute approximate surface area is 268 Å². The molecule has 0 aliphatic carbocycles. The summed E-state index contributed by atoms with van der Waals surface area (Å²) >= 11 is 0. The SMILES string of the molecule is COc1ccc(C(=O)NC2CCCN(c3nnc(C(N)=O)c(Nc4ccc(C5CCN(C(=O)OC(C)(C)C)CC5)cc4)n3)C2)cc1. The lowest BCUT2D eigenvalue weighted by Crippen LogP contribution is -2.48. The molecule has 3 aromatic rings. The normalized spacial score (nSPS) is 17.3. The van der Waals surface area contributed by atoms with E-state index in [0.29, 0.717) is 55.0 Å². The molecule has 0 saturated carbocycles. The van der Waals surface area contributed by atoms with Gasteiger partial charge in [0, 0.05) is 43.5 Å². The Morgan fingerprint density at radius 3 is 2.26 bits per heavy atom. The van der Waals surface area contributed by atoms with Crippen molar-refractivity contribution < 1.29 is 23.9 Å². The van der Waals surface area contributed by atoms with Crippen molar-refractivity contribution in [2.45, 2.75) is 64.0 Å². The van der Waals surface area contributed by atoms with E-state index < -0.39 is 11.5 Å². The van der Waals surface area contributed by atoms with Gasteiger partial charge < -0.3 is 35.6 Å². The number of nitrogens with zero attached hydrogens (tertiary/aromatic N) is 5. The number of piperidine rings is 2. The first-order valence-corrected chi connectivity index (χ1v) is 15.6. The number of benzene rings is 2. The van der Waals surface area contributed by atoms with E-state index in [2.05, 4.69) is 25.8 Å². The number of aromatic nitrogens is 3. The van der Waals surface area contributed by atoms with Gasteiger partial charge in [0.15, 0.2) is 11.5 Å². The molecule has 2 aromatic carbocycles. The van der Waals surface area contributed by atoms with Crippen molar-refractivity contribution >= 4 is 35.4 Å². The Morgan fingerprint density at radius 1 is 0.935 bits per heavy atom. The van der Waals surface area contributed by atoms with Crippen molar-refractivity contribution in [2.24, 2.45) is 5.73 Å². The summed E-state index contributed by atoms with van der Waals surface area (Å²) in [6.45, 7) is 8.04. The molecule has 5 rings (SSSR count). The van der Waals surface area contributed by atoms with Crippen LogP contribution in [-0.2, 0) is 4.74 Å². The van der Waals surface area contributed by atoms with Crippen LogP contribution in [0, 0.1) is 0 Å². The lowest BCUT2D eigenvalue weighted by Gasteiger charge is -2.33. The quantitative estimate of drug-likeness (QED) is 0.328. The van der Waals surface area contributed by atoms with Crippen LogP contribution in [0.5, 0.6) is 5.75 Å². The Morgan fingerprint density at radius 2 is 1.63 bits per heavy atom. The van der Waals surface area contributed by atoms with E-state index >= 15 is 0 Å². The molecule has 0 radical (unpaired) electrons. The number of anilines is 3. The molecule has 2 fully saturated rings. The molecule has 2 aliphatic heterocycles. The van der Waals surface area contributed by atoms with Gasteiger partial charge in [-0.15, -0.1) is 10.2 Å². The van der Waals surface area contributed by atoms with Crippen LogP contribution in [-0.4, -0.2) is 82.9 Å². The van der Waals surface area contributed by atoms with Gasteiger partial charge in [-0.3, -0.25) is 9.59 Å². The summed E-state index contributed by atoms with van der Waals surface area (Å²) in [6, 6.07) is 14.8. The summed E-state index contributed by atoms with van der Waals surface area (Å²) in [4.78, 5) is 45.8. The molecule has 1 unspecified atom stereocenters. The van der Waals surface area contributed by atoms with Gasteiger partial charge in [-0.2, -0.15) is 4.98 Å². The summed E-state index contributed by atoms with van der Waals surface area (Å²) in [5.74, 6) is 0.632. The van der Waals surface area contributed by atoms with E-state index in [0.717, 1.165) is 25.7 Å². The highest BCUT2D eigenvalue weighted by Gasteiger charge is 2.28. The monoisotopic (exact) mass is 630 g/mol. The predicted molar refractivity (Wildman–Crippen MR) is 174 cm³/mol. The summed E-state index contributed by atoms with van der Waals surface area (Å²) in [5.41, 5.74) is 7.46. The average Bonchev–Trinajstić information content (AvgIpc) is 3.04. The second kappa shape index (κ2) is 14.0. The van der Waals surface area contributed by atoms with E-state index in [1.807, 2.05) is 49.9 Å². The first-order chi connectivity index (χ1) is 22.0. The van der Waals surface area contributed by atoms with E-state index in [4.69, 9.17) is 15.2 Å². The molecule has 1 aromatic heterocycles. The number of methoxy groups -OCH3 is 1. The number of nitrogens with one attached hydrogen (secondary N) is 2. The third kappa shape index (κ3) is 8.20. The number of carbonyl (C=O) groups is 3. The van der Waals surface area contributed by atoms with Crippen LogP contribution < -0.4 is 26.0 Å². The average molecular weight is 631 g/mol. The number of likely N-dealkylation sites (tertiary alicyclic amines) is 1. The number of ether oxygens (including phenoxy) is 2. The lowest BCUT2D eigenvalue weighted by molar-refractivity contribution is 0.0204. The minimum absolute atomic E-state index is 0.0660. The number of amides is 3. The van der Waals surface area contributed by atoms with Crippen molar-refractivity contribution in [2.75, 3.05) is 43.5 Å². The molecule has 0 spiro atoms. The van der Waals surface area contributed by atoms with Crippen LogP contribution in [0.1, 0.15) is 78.8 Å². The zero-order chi connectivity index (χ0) is 32.8. The van der Waals surface area contributed by atoms with Gasteiger partial charge in [0.05, 0.1) is 7.11 Å². The lowest BCUT2D eigenvalue weighted by atomic mass is 9.89. The Balaban J connectivity index is 1.22. The standard InChI is InChI=1S/C33H42N8O5/c1-33(2,3)46-32(44)40-18-15-22(16-19-40)21-7-11-24(12-8-21)35-29-27(28(34)42)38-39-31(37-29)41-17-5-6-25(20-41)36-30(43)23-9-13-26(45-4)14-10-23/h7-14,22,25H,5-6,15-20H2,1-4H3,(H2,34,42)(H,36,43)(H,35,37,39). The van der Waals surface area contributed by atoms with E-state index in [-0.39, 0.29) is 29.6 Å². The third-order valence-corrected chi connectivity index (χ3v) is 8.09. The van der Waals surface area contributed by atoms with E-state index in [9.17, 15) is 14.4 Å². The van der Waals surface area contributed by atoms with Crippen LogP contribution in [0.15, 0.2) is 48.5 Å². The molecule has 2 aliphatic rings. The number of nitrogens with two attached hydrogens (primary N) is 1. The van der Waals surface area contributed by atoms with Gasteiger partial charge in [0.1, 0.15) is 11.4 Å². The number of hydrogen-bond donors (Lipinski definition) is 3. The molecule has 0 bridgehead atoms. The molecule has 2 saturated heterocycles. The largest absolute Gasteiger partial charge is 0.497 e. The minimum atomic E-state index is -0.745. The van der Waals surface area contributed by atoms with Gasteiger partial charge in [-0.05, 0) is 94.3 Å². The van der Waals surface area contributed by atoms with Crippen LogP contribution in [0.4, 0.5) is 22.2 Å². The summed E-state index contributed by atoms with van der Waals surface area (Å²) < 4.78 is 10.7. The fourth-order valence-electron chi connectivity index (χ4n) is 5.69. The number of carbonyl (C=O) groups excluding carboxylic acids is 3. The summed E-state index contributed by atoms with van der Waals surface area (Å²) in [5, 5.41) is 14.6. The van der Waals surface area contributed by atoms with Crippen molar-refractivity contribution in [1.82, 2.24) is 25.4 Å². The van der Waals surface area contributed by atoms with Gasteiger partial charge >= 0.3 is 6.09 Å². The van der Waals surface area contributed by atoms with Gasteiger partial charge in [0.2, 0.25) is 5.95 Å². The van der Waals surface area contributed by atoms with E-state index in [1.54, 1.807) is 36.3 Å². The fourth-order valence-corrected chi connectivity index (χ4v) is 5.69. The zero-order valence-corrected chi connectivity index (χ0v) is 26.8. The summed E-state index contributed by atoms with van der Waals surface area (Å²) in [6.07, 6.45) is 3.04. The highest BCUT2D eigenvalue weighted by atomic mass is 16.6. The van der Waals surface area contributed by atoms with Gasteiger partial charge in [0.25, 0.3) is 11.8 Å². The Kier molecular flexibility index (Phi) is 9.88. The molecule has 13 heteroatoms. The molecular weight excluding hydrogens is 588 g/mol. The molecule has 4 N–H and O–H groups in total. The number of primary amides is 1. The molecule has 1 atom stereocenters. The maximum absolute atomic E-state index is 12.8. The Bertz CT molecular complexity index is 1530. The fraction of sp³-hybridized carbons (Fsp3) is 0.455. The van der Waals surface area contributed by atoms with Crippen LogP contribution >= 0.6 is 0 Å². The summed E-state index contributed by atoms with van der Waals surface area (Å²) in [7, 11) is 1.58. The predicted octanol–water partition coefficient (Wildman–Crippen LogP) is 4.24. The molecule has 244 valence electrons. The molecule has 13 nitrogen and oxygen atoms in total. The molecule has 3 heterocycles. The minimum Gasteiger partial charge on any atom is -0.497 e. The van der Waals surface area contributed by atoms with Crippen molar-refractivity contribution in [1.29, 1.82) is 0 Å². The second-order valence-corrected chi connectivity index (χ2v) is 12.6. The van der Waals surface area contributed by atoms with Crippen molar-refractivity contribution in [3.05, 3.63) is 65.4 Å². The second-order valence-electron chi connectivity index (χ2n) is 12.6. The Hall–Kier alpha value is -4.94. The number of rotatable bonds is 8. The topological polar surface area (TPSA) is 165 Å². The van der Waals surface area contributed by atoms with Crippen LogP contribution in [0.2, 0.25) is 0 Å². The van der Waals surface area contributed by atoms with Crippen LogP contribution in [0.25, 0.3) is 0 Å². The maximum Gasteiger partial charge on any atom is 0.410 e.